The lowest BCUT2D eigenvalue weighted by Gasteiger charge is -2.09. The van der Waals surface area contributed by atoms with Gasteiger partial charge in [0.2, 0.25) is 4.90 Å². The molecular formula is C23H18Cl2NO3S+. The number of esters is 1. The number of aromatic amines is 1. The fourth-order valence-corrected chi connectivity index (χ4v) is 5.80. The summed E-state index contributed by atoms with van der Waals surface area (Å²) in [6.07, 6.45) is 0. The minimum Gasteiger partial charge on any atom is -0.497 e. The molecule has 4 rings (SSSR count). The third-order valence-corrected chi connectivity index (χ3v) is 7.47. The zero-order valence-electron chi connectivity index (χ0n) is 16.2. The number of rotatable bonds is 5. The molecule has 0 saturated heterocycles. The van der Waals surface area contributed by atoms with Crippen molar-refractivity contribution in [3.05, 3.63) is 82.5 Å². The summed E-state index contributed by atoms with van der Waals surface area (Å²) in [4.78, 5) is 18.8. The average molecular weight is 459 g/mol. The molecule has 152 valence electrons. The molecule has 7 heteroatoms. The Balaban J connectivity index is 2.03. The molecule has 0 unspecified atom stereocenters. The van der Waals surface area contributed by atoms with Gasteiger partial charge in [0.1, 0.15) is 16.6 Å². The van der Waals surface area contributed by atoms with Crippen molar-refractivity contribution >= 4 is 51.0 Å². The van der Waals surface area contributed by atoms with Crippen LogP contribution in [0.4, 0.5) is 0 Å². The van der Waals surface area contributed by atoms with Crippen molar-refractivity contribution in [2.75, 3.05) is 14.2 Å². The molecule has 0 aliphatic carbocycles. The maximum Gasteiger partial charge on any atom is 0.359 e. The zero-order chi connectivity index (χ0) is 21.3. The van der Waals surface area contributed by atoms with Crippen LogP contribution in [0, 0.1) is 0 Å². The van der Waals surface area contributed by atoms with E-state index in [2.05, 4.69) is 4.98 Å². The normalized spacial score (nSPS) is 11.1. The molecule has 3 aromatic carbocycles. The molecule has 1 aromatic heterocycles. The summed E-state index contributed by atoms with van der Waals surface area (Å²) in [6, 6.07) is 21.0. The SMILES string of the molecule is COC(=O)c1[nH]c2cc(OC)ccc2c1[S+](c1ccc(Cl)cc1)c1ccc(Cl)cc1. The first-order valence-electron chi connectivity index (χ1n) is 9.05. The first kappa shape index (κ1) is 20.7. The predicted molar refractivity (Wildman–Crippen MR) is 121 cm³/mol. The molecule has 1 heterocycles. The molecule has 0 fully saturated rings. The molecule has 0 bridgehead atoms. The molecular weight excluding hydrogens is 441 g/mol. The van der Waals surface area contributed by atoms with Crippen LogP contribution in [-0.4, -0.2) is 25.2 Å². The quantitative estimate of drug-likeness (QED) is 0.279. The molecule has 0 radical (unpaired) electrons. The number of carbonyl (C=O) groups excluding carboxylic acids is 1. The number of fused-ring (bicyclic) bond motifs is 1. The smallest absolute Gasteiger partial charge is 0.359 e. The van der Waals surface area contributed by atoms with Crippen molar-refractivity contribution in [2.45, 2.75) is 14.7 Å². The van der Waals surface area contributed by atoms with Crippen LogP contribution in [0.3, 0.4) is 0 Å². The van der Waals surface area contributed by atoms with Crippen molar-refractivity contribution in [3.63, 3.8) is 0 Å². The third kappa shape index (κ3) is 3.88. The van der Waals surface area contributed by atoms with Crippen molar-refractivity contribution in [3.8, 4) is 5.75 Å². The van der Waals surface area contributed by atoms with Crippen LogP contribution in [0.15, 0.2) is 81.4 Å². The lowest BCUT2D eigenvalue weighted by molar-refractivity contribution is 0.0591. The summed E-state index contributed by atoms with van der Waals surface area (Å²) in [5.41, 5.74) is 1.21. The third-order valence-electron chi connectivity index (χ3n) is 4.65. The minimum absolute atomic E-state index is 0.411. The van der Waals surface area contributed by atoms with Gasteiger partial charge in [-0.1, -0.05) is 23.2 Å². The minimum atomic E-state index is -0.607. The molecule has 0 aliphatic heterocycles. The highest BCUT2D eigenvalue weighted by atomic mass is 35.5. The number of nitrogens with one attached hydrogen (secondary N) is 1. The van der Waals surface area contributed by atoms with E-state index in [1.807, 2.05) is 66.7 Å². The Morgan fingerprint density at radius 3 is 1.93 bits per heavy atom. The second-order valence-corrected chi connectivity index (χ2v) is 9.28. The molecule has 0 amide bonds. The van der Waals surface area contributed by atoms with Crippen molar-refractivity contribution in [1.29, 1.82) is 0 Å². The van der Waals surface area contributed by atoms with Gasteiger partial charge in [-0.3, -0.25) is 0 Å². The van der Waals surface area contributed by atoms with Crippen molar-refractivity contribution in [1.82, 2.24) is 4.98 Å². The fraction of sp³-hybridized carbons (Fsp3) is 0.0870. The van der Waals surface area contributed by atoms with E-state index in [9.17, 15) is 4.79 Å². The number of hydrogen-bond acceptors (Lipinski definition) is 3. The monoisotopic (exact) mass is 458 g/mol. The van der Waals surface area contributed by atoms with Gasteiger partial charge in [-0.2, -0.15) is 0 Å². The number of H-pyrrole nitrogens is 1. The van der Waals surface area contributed by atoms with Gasteiger partial charge in [0.15, 0.2) is 15.5 Å². The molecule has 30 heavy (non-hydrogen) atoms. The summed E-state index contributed by atoms with van der Waals surface area (Å²) in [5.74, 6) is 0.269. The van der Waals surface area contributed by atoms with Crippen LogP contribution in [0.5, 0.6) is 5.75 Å². The number of halogens is 2. The van der Waals surface area contributed by atoms with Gasteiger partial charge in [0, 0.05) is 16.1 Å². The Kier molecular flexibility index (Phi) is 5.95. The van der Waals surface area contributed by atoms with Crippen LogP contribution in [-0.2, 0) is 15.6 Å². The fourth-order valence-electron chi connectivity index (χ4n) is 3.25. The van der Waals surface area contributed by atoms with E-state index >= 15 is 0 Å². The summed E-state index contributed by atoms with van der Waals surface area (Å²) in [6.45, 7) is 0. The Morgan fingerprint density at radius 1 is 0.867 bits per heavy atom. The van der Waals surface area contributed by atoms with Gasteiger partial charge in [-0.15, -0.1) is 0 Å². The summed E-state index contributed by atoms with van der Waals surface area (Å²) in [5, 5.41) is 2.22. The summed E-state index contributed by atoms with van der Waals surface area (Å²) >= 11 is 12.3. The van der Waals surface area contributed by atoms with E-state index in [-0.39, 0.29) is 0 Å². The van der Waals surface area contributed by atoms with Crippen molar-refractivity contribution in [2.24, 2.45) is 0 Å². The van der Waals surface area contributed by atoms with E-state index in [4.69, 9.17) is 32.7 Å². The van der Waals surface area contributed by atoms with Crippen LogP contribution in [0.25, 0.3) is 10.9 Å². The number of aromatic nitrogens is 1. The van der Waals surface area contributed by atoms with Crippen LogP contribution in [0.1, 0.15) is 10.5 Å². The van der Waals surface area contributed by atoms with Crippen LogP contribution < -0.4 is 4.74 Å². The predicted octanol–water partition coefficient (Wildman–Crippen LogP) is 6.37. The summed E-state index contributed by atoms with van der Waals surface area (Å²) in [7, 11) is 2.38. The summed E-state index contributed by atoms with van der Waals surface area (Å²) < 4.78 is 10.4. The molecule has 0 saturated carbocycles. The van der Waals surface area contributed by atoms with E-state index in [0.717, 1.165) is 25.6 Å². The van der Waals surface area contributed by atoms with Crippen LogP contribution in [0.2, 0.25) is 10.0 Å². The standard InChI is InChI=1S/C23H17Cl2NO3S/c1-28-16-7-12-19-20(13-16)26-21(23(27)29-2)22(19)30(17-8-3-14(24)4-9-17)18-10-5-15(25)6-11-18/h3-13H,1-2H3/p+1. The van der Waals surface area contributed by atoms with Crippen LogP contribution >= 0.6 is 23.2 Å². The molecule has 1 N–H and O–H groups in total. The average Bonchev–Trinajstić information content (AvgIpc) is 3.14. The maximum atomic E-state index is 12.7. The second kappa shape index (κ2) is 8.64. The van der Waals surface area contributed by atoms with Gasteiger partial charge < -0.3 is 14.5 Å². The number of benzene rings is 3. The number of ether oxygens (including phenoxy) is 2. The van der Waals surface area contributed by atoms with E-state index in [0.29, 0.717) is 21.5 Å². The van der Waals surface area contributed by atoms with Crippen molar-refractivity contribution < 1.29 is 14.3 Å². The lowest BCUT2D eigenvalue weighted by Crippen LogP contribution is -2.11. The maximum absolute atomic E-state index is 12.7. The zero-order valence-corrected chi connectivity index (χ0v) is 18.6. The highest BCUT2D eigenvalue weighted by molar-refractivity contribution is 7.97. The number of carbonyl (C=O) groups is 1. The molecule has 0 atom stereocenters. The number of methoxy groups -OCH3 is 2. The van der Waals surface area contributed by atoms with E-state index < -0.39 is 16.9 Å². The first-order chi connectivity index (χ1) is 14.5. The Morgan fingerprint density at radius 2 is 1.43 bits per heavy atom. The second-order valence-electron chi connectivity index (χ2n) is 6.45. The van der Waals surface area contributed by atoms with Gasteiger partial charge in [-0.25, -0.2) is 4.79 Å². The largest absolute Gasteiger partial charge is 0.497 e. The van der Waals surface area contributed by atoms with Gasteiger partial charge >= 0.3 is 5.97 Å². The Labute approximate surface area is 187 Å². The highest BCUT2D eigenvalue weighted by Crippen LogP contribution is 2.40. The van der Waals surface area contributed by atoms with Gasteiger partial charge in [0.05, 0.1) is 25.1 Å². The molecule has 4 nitrogen and oxygen atoms in total. The van der Waals surface area contributed by atoms with Gasteiger partial charge in [0.25, 0.3) is 0 Å². The Bertz CT molecular complexity index is 1160. The molecule has 4 aromatic rings. The van der Waals surface area contributed by atoms with Gasteiger partial charge in [-0.05, 0) is 60.7 Å². The first-order valence-corrected chi connectivity index (χ1v) is 11.0. The highest BCUT2D eigenvalue weighted by Gasteiger charge is 2.37. The van der Waals surface area contributed by atoms with E-state index in [1.54, 1.807) is 7.11 Å². The lowest BCUT2D eigenvalue weighted by atomic mass is 10.2. The topological polar surface area (TPSA) is 51.3 Å². The molecule has 0 aliphatic rings. The Hall–Kier alpha value is -2.60. The molecule has 0 spiro atoms. The number of hydrogen-bond donors (Lipinski definition) is 1. The van der Waals surface area contributed by atoms with E-state index in [1.165, 1.54) is 7.11 Å².